The fourth-order valence-corrected chi connectivity index (χ4v) is 3.84. The van der Waals surface area contributed by atoms with Crippen molar-refractivity contribution < 1.29 is 19.2 Å². The Hall–Kier alpha value is -3.72. The van der Waals surface area contributed by atoms with Gasteiger partial charge in [0.25, 0.3) is 17.5 Å². The molecule has 160 valence electrons. The van der Waals surface area contributed by atoms with Gasteiger partial charge in [-0.3, -0.25) is 19.7 Å². The predicted molar refractivity (Wildman–Crippen MR) is 115 cm³/mol. The molecule has 9 heteroatoms. The van der Waals surface area contributed by atoms with E-state index in [9.17, 15) is 19.7 Å². The standard InChI is InChI=1S/C22H22N4O5/c1-23-10-12-24(13-11-23)20-19(15-6-8-16(9-7-15)26(29)30)21(27)25(22(20)28)17-4-3-5-18(14-17)31-2/h3-9,14H,10-13H2,1-2H3. The molecule has 0 spiro atoms. The molecule has 0 aromatic heterocycles. The summed E-state index contributed by atoms with van der Waals surface area (Å²) in [4.78, 5) is 42.7. The van der Waals surface area contributed by atoms with Crippen LogP contribution >= 0.6 is 0 Å². The topological polar surface area (TPSA) is 96.2 Å². The van der Waals surface area contributed by atoms with Crippen molar-refractivity contribution in [2.45, 2.75) is 0 Å². The van der Waals surface area contributed by atoms with Gasteiger partial charge in [-0.05, 0) is 36.9 Å². The second-order valence-corrected chi connectivity index (χ2v) is 7.47. The van der Waals surface area contributed by atoms with Crippen molar-refractivity contribution in [2.75, 3.05) is 45.2 Å². The zero-order chi connectivity index (χ0) is 22.1. The molecule has 4 rings (SSSR count). The highest BCUT2D eigenvalue weighted by atomic mass is 16.6. The number of carbonyl (C=O) groups is 2. The number of hydrogen-bond donors (Lipinski definition) is 0. The Morgan fingerprint density at radius 3 is 2.26 bits per heavy atom. The highest BCUT2D eigenvalue weighted by Gasteiger charge is 2.43. The van der Waals surface area contributed by atoms with Crippen molar-refractivity contribution in [2.24, 2.45) is 0 Å². The van der Waals surface area contributed by atoms with E-state index in [1.807, 2.05) is 11.9 Å². The van der Waals surface area contributed by atoms with E-state index in [2.05, 4.69) is 4.90 Å². The van der Waals surface area contributed by atoms with Crippen LogP contribution < -0.4 is 9.64 Å². The number of amides is 2. The summed E-state index contributed by atoms with van der Waals surface area (Å²) < 4.78 is 5.24. The normalized spacial score (nSPS) is 17.5. The zero-order valence-electron chi connectivity index (χ0n) is 17.3. The highest BCUT2D eigenvalue weighted by molar-refractivity contribution is 6.45. The average Bonchev–Trinajstić information content (AvgIpc) is 3.04. The third-order valence-corrected chi connectivity index (χ3v) is 5.56. The SMILES string of the molecule is COc1cccc(N2C(=O)C(c3ccc([N+](=O)[O-])cc3)=C(N3CCN(C)CC3)C2=O)c1. The van der Waals surface area contributed by atoms with Crippen LogP contribution in [0.4, 0.5) is 11.4 Å². The van der Waals surface area contributed by atoms with E-state index in [0.29, 0.717) is 35.8 Å². The van der Waals surface area contributed by atoms with Crippen molar-refractivity contribution in [1.82, 2.24) is 9.80 Å². The van der Waals surface area contributed by atoms with Gasteiger partial charge in [0.15, 0.2) is 0 Å². The molecule has 2 heterocycles. The molecule has 2 aliphatic rings. The lowest BCUT2D eigenvalue weighted by Crippen LogP contribution is -2.46. The third kappa shape index (κ3) is 3.75. The smallest absolute Gasteiger partial charge is 0.282 e. The molecule has 1 saturated heterocycles. The number of piperazine rings is 1. The molecule has 0 aliphatic carbocycles. The summed E-state index contributed by atoms with van der Waals surface area (Å²) in [6.07, 6.45) is 0. The second-order valence-electron chi connectivity index (χ2n) is 7.47. The Labute approximate surface area is 179 Å². The summed E-state index contributed by atoms with van der Waals surface area (Å²) in [7, 11) is 3.52. The molecule has 0 N–H and O–H groups in total. The minimum Gasteiger partial charge on any atom is -0.497 e. The highest BCUT2D eigenvalue weighted by Crippen LogP contribution is 2.36. The minimum atomic E-state index is -0.496. The van der Waals surface area contributed by atoms with E-state index < -0.39 is 16.7 Å². The summed E-state index contributed by atoms with van der Waals surface area (Å²) >= 11 is 0. The second kappa shape index (κ2) is 8.19. The minimum absolute atomic E-state index is 0.0769. The zero-order valence-corrected chi connectivity index (χ0v) is 17.3. The number of benzene rings is 2. The van der Waals surface area contributed by atoms with E-state index in [4.69, 9.17) is 4.74 Å². The van der Waals surface area contributed by atoms with Crippen LogP contribution in [0.3, 0.4) is 0 Å². The van der Waals surface area contributed by atoms with Crippen LogP contribution in [-0.4, -0.2) is 66.9 Å². The molecule has 2 amide bonds. The van der Waals surface area contributed by atoms with Gasteiger partial charge in [-0.15, -0.1) is 0 Å². The van der Waals surface area contributed by atoms with Crippen LogP contribution in [0.2, 0.25) is 0 Å². The molecule has 2 aromatic carbocycles. The van der Waals surface area contributed by atoms with Crippen molar-refractivity contribution >= 4 is 28.8 Å². The number of likely N-dealkylation sites (N-methyl/N-ethyl adjacent to an activating group) is 1. The van der Waals surface area contributed by atoms with Crippen LogP contribution in [0, 0.1) is 10.1 Å². The molecule has 1 fully saturated rings. The number of ether oxygens (including phenoxy) is 1. The van der Waals surface area contributed by atoms with Crippen LogP contribution in [-0.2, 0) is 9.59 Å². The van der Waals surface area contributed by atoms with Crippen LogP contribution in [0.25, 0.3) is 5.57 Å². The first-order valence-corrected chi connectivity index (χ1v) is 9.86. The van der Waals surface area contributed by atoms with Gasteiger partial charge in [-0.1, -0.05) is 6.07 Å². The Bertz CT molecular complexity index is 1070. The molecule has 0 bridgehead atoms. The van der Waals surface area contributed by atoms with Crippen LogP contribution in [0.15, 0.2) is 54.2 Å². The lowest BCUT2D eigenvalue weighted by Gasteiger charge is -2.34. The van der Waals surface area contributed by atoms with E-state index >= 15 is 0 Å². The first-order valence-electron chi connectivity index (χ1n) is 9.86. The lowest BCUT2D eigenvalue weighted by molar-refractivity contribution is -0.384. The lowest BCUT2D eigenvalue weighted by atomic mass is 10.0. The van der Waals surface area contributed by atoms with E-state index in [1.165, 1.54) is 31.4 Å². The van der Waals surface area contributed by atoms with E-state index in [0.717, 1.165) is 18.0 Å². The van der Waals surface area contributed by atoms with Crippen molar-refractivity contribution in [3.8, 4) is 5.75 Å². The maximum Gasteiger partial charge on any atom is 0.282 e. The monoisotopic (exact) mass is 422 g/mol. The fourth-order valence-electron chi connectivity index (χ4n) is 3.84. The number of carbonyl (C=O) groups excluding carboxylic acids is 2. The molecule has 9 nitrogen and oxygen atoms in total. The first kappa shape index (κ1) is 20.5. The van der Waals surface area contributed by atoms with Crippen molar-refractivity contribution in [3.05, 3.63) is 69.9 Å². The molecule has 2 aliphatic heterocycles. The Morgan fingerprint density at radius 2 is 1.65 bits per heavy atom. The summed E-state index contributed by atoms with van der Waals surface area (Å²) in [5, 5.41) is 11.0. The van der Waals surface area contributed by atoms with Crippen LogP contribution in [0.1, 0.15) is 5.56 Å². The predicted octanol–water partition coefficient (Wildman–Crippen LogP) is 2.14. The van der Waals surface area contributed by atoms with Gasteiger partial charge in [0.1, 0.15) is 11.4 Å². The van der Waals surface area contributed by atoms with Gasteiger partial charge in [-0.2, -0.15) is 0 Å². The first-order chi connectivity index (χ1) is 14.9. The van der Waals surface area contributed by atoms with Gasteiger partial charge >= 0.3 is 0 Å². The number of hydrogen-bond acceptors (Lipinski definition) is 7. The number of non-ortho nitro benzene ring substituents is 1. The maximum atomic E-state index is 13.5. The number of nitrogens with zero attached hydrogens (tertiary/aromatic N) is 4. The summed E-state index contributed by atoms with van der Waals surface area (Å²) in [5.41, 5.74) is 1.40. The number of rotatable bonds is 5. The van der Waals surface area contributed by atoms with Crippen LogP contribution in [0.5, 0.6) is 5.75 Å². The molecule has 0 saturated carbocycles. The largest absolute Gasteiger partial charge is 0.497 e. The van der Waals surface area contributed by atoms with Gasteiger partial charge in [0.05, 0.1) is 23.3 Å². The number of imide groups is 1. The van der Waals surface area contributed by atoms with Crippen molar-refractivity contribution in [1.29, 1.82) is 0 Å². The number of anilines is 1. The number of nitro groups is 1. The van der Waals surface area contributed by atoms with Gasteiger partial charge in [0.2, 0.25) is 0 Å². The Kier molecular flexibility index (Phi) is 5.43. The van der Waals surface area contributed by atoms with Gasteiger partial charge in [-0.25, -0.2) is 4.90 Å². The third-order valence-electron chi connectivity index (χ3n) is 5.56. The molecular formula is C22H22N4O5. The van der Waals surface area contributed by atoms with E-state index in [-0.39, 0.29) is 11.3 Å². The summed E-state index contributed by atoms with van der Waals surface area (Å²) in [6.45, 7) is 2.73. The Balaban J connectivity index is 1.80. The number of nitro benzene ring substituents is 1. The maximum absolute atomic E-state index is 13.5. The van der Waals surface area contributed by atoms with Gasteiger partial charge in [0, 0.05) is 44.4 Å². The molecule has 2 aromatic rings. The van der Waals surface area contributed by atoms with E-state index in [1.54, 1.807) is 24.3 Å². The molecule has 0 unspecified atom stereocenters. The molecule has 0 radical (unpaired) electrons. The fraction of sp³-hybridized carbons (Fsp3) is 0.273. The molecular weight excluding hydrogens is 400 g/mol. The number of methoxy groups -OCH3 is 1. The summed E-state index contributed by atoms with van der Waals surface area (Å²) in [5.74, 6) is -0.333. The van der Waals surface area contributed by atoms with Crippen molar-refractivity contribution in [3.63, 3.8) is 0 Å². The summed E-state index contributed by atoms with van der Waals surface area (Å²) in [6, 6.07) is 12.5. The molecule has 31 heavy (non-hydrogen) atoms. The average molecular weight is 422 g/mol. The van der Waals surface area contributed by atoms with Gasteiger partial charge < -0.3 is 14.5 Å². The quantitative estimate of drug-likeness (QED) is 0.414. The molecule has 0 atom stereocenters. The Morgan fingerprint density at radius 1 is 0.968 bits per heavy atom.